The first-order valence-electron chi connectivity index (χ1n) is 7.10. The molecule has 2 N–H and O–H groups in total. The zero-order chi connectivity index (χ0) is 15.5. The van der Waals surface area contributed by atoms with Crippen molar-refractivity contribution in [3.8, 4) is 0 Å². The van der Waals surface area contributed by atoms with E-state index in [1.807, 2.05) is 0 Å². The summed E-state index contributed by atoms with van der Waals surface area (Å²) in [5.74, 6) is 0.247. The molecule has 0 bridgehead atoms. The number of nitrogens with zero attached hydrogens (tertiary/aromatic N) is 3. The van der Waals surface area contributed by atoms with Gasteiger partial charge in [-0.3, -0.25) is 19.6 Å². The van der Waals surface area contributed by atoms with E-state index in [-0.39, 0.29) is 11.6 Å². The second kappa shape index (κ2) is 6.21. The lowest BCUT2D eigenvalue weighted by atomic mass is 9.98. The molecule has 0 spiro atoms. The summed E-state index contributed by atoms with van der Waals surface area (Å²) in [5, 5.41) is 20.8. The Morgan fingerprint density at radius 2 is 2.43 bits per heavy atom. The highest BCUT2D eigenvalue weighted by Gasteiger charge is 2.32. The van der Waals surface area contributed by atoms with Crippen molar-refractivity contribution in [3.63, 3.8) is 0 Å². The number of hydrogen-bond donors (Lipinski definition) is 2. The summed E-state index contributed by atoms with van der Waals surface area (Å²) in [6, 6.07) is 0. The van der Waals surface area contributed by atoms with E-state index in [1.165, 1.54) is 10.9 Å². The summed E-state index contributed by atoms with van der Waals surface area (Å²) in [4.78, 5) is 22.5. The van der Waals surface area contributed by atoms with Gasteiger partial charge in [-0.2, -0.15) is 5.10 Å². The zero-order valence-electron chi connectivity index (χ0n) is 12.3. The average Bonchev–Trinajstić information content (AvgIpc) is 2.96. The third-order valence-corrected chi connectivity index (χ3v) is 3.86. The molecular formula is C13H21N5O3. The number of nitro groups is 1. The standard InChI is InChI=1S/C13H21N5O3/c1-13(2,17-9-11(8-16-17)18(20)21)12(19)15-7-10-4-3-5-14-6-10/h8-10,14H,3-7H2,1-2H3,(H,15,19). The van der Waals surface area contributed by atoms with Crippen molar-refractivity contribution < 1.29 is 9.72 Å². The number of carbonyl (C=O) groups excluding carboxylic acids is 1. The molecule has 1 fully saturated rings. The van der Waals surface area contributed by atoms with Gasteiger partial charge in [-0.1, -0.05) is 0 Å². The molecule has 0 aromatic carbocycles. The second-order valence-corrected chi connectivity index (χ2v) is 5.88. The summed E-state index contributed by atoms with van der Waals surface area (Å²) >= 11 is 0. The van der Waals surface area contributed by atoms with Crippen molar-refractivity contribution in [2.24, 2.45) is 5.92 Å². The molecule has 116 valence electrons. The number of nitrogens with one attached hydrogen (secondary N) is 2. The molecule has 2 heterocycles. The van der Waals surface area contributed by atoms with Gasteiger partial charge in [0.25, 0.3) is 0 Å². The molecule has 0 aliphatic carbocycles. The van der Waals surface area contributed by atoms with E-state index in [9.17, 15) is 14.9 Å². The third-order valence-electron chi connectivity index (χ3n) is 3.86. The minimum atomic E-state index is -0.962. The lowest BCUT2D eigenvalue weighted by Crippen LogP contribution is -2.47. The number of aromatic nitrogens is 2. The maximum Gasteiger partial charge on any atom is 0.307 e. The highest BCUT2D eigenvalue weighted by molar-refractivity contribution is 5.83. The summed E-state index contributed by atoms with van der Waals surface area (Å²) < 4.78 is 1.33. The first-order chi connectivity index (χ1) is 9.91. The van der Waals surface area contributed by atoms with E-state index in [4.69, 9.17) is 0 Å². The quantitative estimate of drug-likeness (QED) is 0.613. The highest BCUT2D eigenvalue weighted by atomic mass is 16.6. The van der Waals surface area contributed by atoms with Crippen molar-refractivity contribution in [1.29, 1.82) is 0 Å². The van der Waals surface area contributed by atoms with Crippen molar-refractivity contribution in [3.05, 3.63) is 22.5 Å². The fourth-order valence-corrected chi connectivity index (χ4v) is 2.37. The van der Waals surface area contributed by atoms with Gasteiger partial charge < -0.3 is 10.6 Å². The van der Waals surface area contributed by atoms with Crippen LogP contribution in [0.4, 0.5) is 5.69 Å². The molecule has 8 heteroatoms. The van der Waals surface area contributed by atoms with E-state index in [2.05, 4.69) is 15.7 Å². The number of rotatable bonds is 5. The Morgan fingerprint density at radius 1 is 1.67 bits per heavy atom. The number of carbonyl (C=O) groups is 1. The van der Waals surface area contributed by atoms with Crippen LogP contribution < -0.4 is 10.6 Å². The molecule has 1 aliphatic heterocycles. The summed E-state index contributed by atoms with van der Waals surface area (Å²) in [6.45, 7) is 5.94. The van der Waals surface area contributed by atoms with Crippen LogP contribution in [0.5, 0.6) is 0 Å². The Morgan fingerprint density at radius 3 is 3.00 bits per heavy atom. The molecule has 1 aromatic heterocycles. The lowest BCUT2D eigenvalue weighted by Gasteiger charge is -2.27. The van der Waals surface area contributed by atoms with Crippen molar-refractivity contribution in [1.82, 2.24) is 20.4 Å². The van der Waals surface area contributed by atoms with Gasteiger partial charge in [0.2, 0.25) is 5.91 Å². The predicted octanol–water partition coefficient (Wildman–Crippen LogP) is 0.642. The maximum atomic E-state index is 12.3. The van der Waals surface area contributed by atoms with Crippen LogP contribution in [-0.4, -0.2) is 40.2 Å². The van der Waals surface area contributed by atoms with Gasteiger partial charge in [0.05, 0.1) is 4.92 Å². The van der Waals surface area contributed by atoms with Crippen LogP contribution in [0.15, 0.2) is 12.4 Å². The van der Waals surface area contributed by atoms with E-state index in [1.54, 1.807) is 13.8 Å². The first kappa shape index (κ1) is 15.4. The normalized spacial score (nSPS) is 19.2. The molecule has 21 heavy (non-hydrogen) atoms. The van der Waals surface area contributed by atoms with E-state index < -0.39 is 10.5 Å². The minimum Gasteiger partial charge on any atom is -0.354 e. The third kappa shape index (κ3) is 3.57. The highest BCUT2D eigenvalue weighted by Crippen LogP contribution is 2.19. The Bertz CT molecular complexity index is 520. The Labute approximate surface area is 123 Å². The van der Waals surface area contributed by atoms with Crippen LogP contribution in [0, 0.1) is 16.0 Å². The van der Waals surface area contributed by atoms with Gasteiger partial charge in [0.15, 0.2) is 0 Å². The predicted molar refractivity (Wildman–Crippen MR) is 76.8 cm³/mol. The molecule has 1 unspecified atom stereocenters. The van der Waals surface area contributed by atoms with Crippen LogP contribution in [0.2, 0.25) is 0 Å². The second-order valence-electron chi connectivity index (χ2n) is 5.88. The fourth-order valence-electron chi connectivity index (χ4n) is 2.37. The molecule has 2 rings (SSSR count). The van der Waals surface area contributed by atoms with Crippen molar-refractivity contribution in [2.45, 2.75) is 32.2 Å². The molecule has 1 aromatic rings. The smallest absolute Gasteiger partial charge is 0.307 e. The van der Waals surface area contributed by atoms with Crippen LogP contribution in [0.1, 0.15) is 26.7 Å². The van der Waals surface area contributed by atoms with Gasteiger partial charge in [-0.05, 0) is 45.7 Å². The number of piperidine rings is 1. The van der Waals surface area contributed by atoms with Crippen LogP contribution in [0.3, 0.4) is 0 Å². The minimum absolute atomic E-state index is 0.118. The number of amides is 1. The largest absolute Gasteiger partial charge is 0.354 e. The Hall–Kier alpha value is -1.96. The zero-order valence-corrected chi connectivity index (χ0v) is 12.3. The average molecular weight is 295 g/mol. The van der Waals surface area contributed by atoms with Gasteiger partial charge in [-0.15, -0.1) is 0 Å². The molecule has 1 amide bonds. The van der Waals surface area contributed by atoms with Gasteiger partial charge in [-0.25, -0.2) is 0 Å². The molecule has 1 atom stereocenters. The lowest BCUT2D eigenvalue weighted by molar-refractivity contribution is -0.385. The van der Waals surface area contributed by atoms with Gasteiger partial charge in [0.1, 0.15) is 17.9 Å². The molecule has 0 radical (unpaired) electrons. The SMILES string of the molecule is CC(C)(C(=O)NCC1CCCNC1)n1cc([N+](=O)[O-])cn1. The van der Waals surface area contributed by atoms with Gasteiger partial charge >= 0.3 is 5.69 Å². The van der Waals surface area contributed by atoms with E-state index in [0.29, 0.717) is 12.5 Å². The summed E-state index contributed by atoms with van der Waals surface area (Å²) in [5.41, 5.74) is -1.08. The Balaban J connectivity index is 1.96. The molecule has 1 aliphatic rings. The molecule has 1 saturated heterocycles. The van der Waals surface area contributed by atoms with E-state index in [0.717, 1.165) is 32.1 Å². The van der Waals surface area contributed by atoms with E-state index >= 15 is 0 Å². The van der Waals surface area contributed by atoms with Crippen LogP contribution in [-0.2, 0) is 10.3 Å². The summed E-state index contributed by atoms with van der Waals surface area (Å²) in [6.07, 6.45) is 4.65. The van der Waals surface area contributed by atoms with Crippen molar-refractivity contribution in [2.75, 3.05) is 19.6 Å². The first-order valence-corrected chi connectivity index (χ1v) is 7.10. The summed E-state index contributed by atoms with van der Waals surface area (Å²) in [7, 11) is 0. The Kier molecular flexibility index (Phi) is 4.56. The van der Waals surface area contributed by atoms with Crippen molar-refractivity contribution >= 4 is 11.6 Å². The maximum absolute atomic E-state index is 12.3. The monoisotopic (exact) mass is 295 g/mol. The van der Waals surface area contributed by atoms with Gasteiger partial charge in [0, 0.05) is 6.54 Å². The van der Waals surface area contributed by atoms with Crippen LogP contribution in [0.25, 0.3) is 0 Å². The number of hydrogen-bond acceptors (Lipinski definition) is 5. The molecule has 8 nitrogen and oxygen atoms in total. The van der Waals surface area contributed by atoms with Crippen LogP contribution >= 0.6 is 0 Å². The fraction of sp³-hybridized carbons (Fsp3) is 0.692. The topological polar surface area (TPSA) is 102 Å². The molecule has 0 saturated carbocycles. The molecular weight excluding hydrogens is 274 g/mol.